The molecule has 1 aromatic rings. The van der Waals surface area contributed by atoms with Crippen LogP contribution in [-0.2, 0) is 4.79 Å². The quantitative estimate of drug-likeness (QED) is 0.288. The number of nitrogens with one attached hydrogen (secondary N) is 1. The molecule has 0 spiro atoms. The van der Waals surface area contributed by atoms with Gasteiger partial charge in [-0.2, -0.15) is 0 Å². The van der Waals surface area contributed by atoms with E-state index >= 15 is 0 Å². The normalized spacial score (nSPS) is 10.4. The Kier molecular flexibility index (Phi) is 3.22. The number of carbonyl (C=O) groups is 1. The summed E-state index contributed by atoms with van der Waals surface area (Å²) < 4.78 is 12.7. The molecule has 0 heterocycles. The van der Waals surface area contributed by atoms with Crippen molar-refractivity contribution in [1.29, 1.82) is 0 Å². The lowest BCUT2D eigenvalue weighted by Crippen LogP contribution is -2.19. The van der Waals surface area contributed by atoms with Crippen molar-refractivity contribution < 1.29 is 14.4 Å². The largest absolute Gasteiger partial charge is 0.411 e. The number of benzene rings is 1. The van der Waals surface area contributed by atoms with E-state index in [1.165, 1.54) is 12.1 Å². The zero-order chi connectivity index (χ0) is 10.6. The van der Waals surface area contributed by atoms with Crippen LogP contribution in [0.25, 0.3) is 0 Å². The van der Waals surface area contributed by atoms with E-state index in [2.05, 4.69) is 10.5 Å². The molecule has 0 saturated heterocycles. The molecule has 0 atom stereocenters. The minimum absolute atomic E-state index is 0.356. The van der Waals surface area contributed by atoms with Gasteiger partial charge in [-0.05, 0) is 12.1 Å². The fourth-order valence-electron chi connectivity index (χ4n) is 0.946. The van der Waals surface area contributed by atoms with Crippen LogP contribution in [-0.4, -0.2) is 25.2 Å². The smallest absolute Gasteiger partial charge is 0.270 e. The first-order valence-electron chi connectivity index (χ1n) is 3.88. The number of anilines is 1. The van der Waals surface area contributed by atoms with Gasteiger partial charge in [-0.15, -0.1) is 0 Å². The number of hydrogen-bond acceptors (Lipinski definition) is 3. The van der Waals surface area contributed by atoms with E-state index in [9.17, 15) is 9.18 Å². The van der Waals surface area contributed by atoms with E-state index in [1.807, 2.05) is 0 Å². The number of oxime groups is 1. The van der Waals surface area contributed by atoms with Crippen molar-refractivity contribution in [2.75, 3.05) is 5.32 Å². The highest BCUT2D eigenvalue weighted by atomic mass is 19.1. The van der Waals surface area contributed by atoms with Gasteiger partial charge < -0.3 is 10.5 Å². The maximum absolute atomic E-state index is 12.7. The third kappa shape index (κ3) is 2.58. The van der Waals surface area contributed by atoms with E-state index in [-0.39, 0.29) is 0 Å². The van der Waals surface area contributed by atoms with Crippen molar-refractivity contribution in [1.82, 2.24) is 0 Å². The van der Waals surface area contributed by atoms with Crippen LogP contribution < -0.4 is 10.8 Å². The average molecular weight is 194 g/mol. The molecule has 0 bridgehead atoms. The first-order chi connectivity index (χ1) is 6.63. The molecule has 0 radical (unpaired) electrons. The van der Waals surface area contributed by atoms with Gasteiger partial charge in [0.15, 0.2) is 0 Å². The van der Waals surface area contributed by atoms with Crippen LogP contribution in [0.1, 0.15) is 0 Å². The average Bonchev–Trinajstić information content (AvgIpc) is 2.12. The SMILES string of the molecule is Bc1ccc(F)cc1NC(=O)/C=N/O. The minimum Gasteiger partial charge on any atom is -0.411 e. The first kappa shape index (κ1) is 10.2. The molecule has 0 unspecified atom stereocenters. The molecule has 1 aromatic carbocycles. The summed E-state index contributed by atoms with van der Waals surface area (Å²) in [6.07, 6.45) is 0.699. The van der Waals surface area contributed by atoms with Gasteiger partial charge in [-0.3, -0.25) is 4.79 Å². The summed E-state index contributed by atoms with van der Waals surface area (Å²) in [5.41, 5.74) is 1.08. The molecule has 0 saturated carbocycles. The molecule has 72 valence electrons. The van der Waals surface area contributed by atoms with Crippen molar-refractivity contribution in [2.45, 2.75) is 0 Å². The number of hydrogen-bond donors (Lipinski definition) is 2. The predicted octanol–water partition coefficient (Wildman–Crippen LogP) is -0.517. The van der Waals surface area contributed by atoms with Crippen LogP contribution in [0.4, 0.5) is 10.1 Å². The standard InChI is InChI=1S/C8H8BFN2O2/c9-6-2-1-5(10)3-7(6)12-8(13)4-11-14/h1-4,14H,9H2,(H,12,13)/b11-4+. The summed E-state index contributed by atoms with van der Waals surface area (Å²) in [5.74, 6) is -1.05. The Bertz CT molecular complexity index is 382. The molecule has 0 aromatic heterocycles. The first-order valence-corrected chi connectivity index (χ1v) is 3.88. The van der Waals surface area contributed by atoms with Gasteiger partial charge >= 0.3 is 0 Å². The van der Waals surface area contributed by atoms with Gasteiger partial charge in [0.1, 0.15) is 19.9 Å². The highest BCUT2D eigenvalue weighted by molar-refractivity contribution is 6.39. The molecule has 2 N–H and O–H groups in total. The molecular weight excluding hydrogens is 186 g/mol. The third-order valence-electron chi connectivity index (χ3n) is 1.63. The fraction of sp³-hybridized carbons (Fsp3) is 0. The van der Waals surface area contributed by atoms with Crippen molar-refractivity contribution in [3.8, 4) is 0 Å². The summed E-state index contributed by atoms with van der Waals surface area (Å²) in [7, 11) is 1.73. The summed E-state index contributed by atoms with van der Waals surface area (Å²) in [4.78, 5) is 10.9. The number of carbonyl (C=O) groups excluding carboxylic acids is 1. The second-order valence-electron chi connectivity index (χ2n) is 2.69. The van der Waals surface area contributed by atoms with Crippen LogP contribution in [0.5, 0.6) is 0 Å². The number of rotatable bonds is 2. The zero-order valence-corrected chi connectivity index (χ0v) is 7.49. The molecule has 0 aliphatic heterocycles. The van der Waals surface area contributed by atoms with E-state index in [0.717, 1.165) is 5.46 Å². The lowest BCUT2D eigenvalue weighted by Gasteiger charge is -2.05. The van der Waals surface area contributed by atoms with E-state index in [4.69, 9.17) is 5.21 Å². The van der Waals surface area contributed by atoms with Gasteiger partial charge in [0.05, 0.1) is 0 Å². The topological polar surface area (TPSA) is 61.7 Å². The second-order valence-corrected chi connectivity index (χ2v) is 2.69. The Balaban J connectivity index is 2.85. The molecular formula is C8H8BFN2O2. The lowest BCUT2D eigenvalue weighted by molar-refractivity contribution is -0.110. The molecule has 4 nitrogen and oxygen atoms in total. The summed E-state index contributed by atoms with van der Waals surface area (Å²) in [5, 5.41) is 13.0. The Morgan fingerprint density at radius 1 is 1.64 bits per heavy atom. The van der Waals surface area contributed by atoms with Crippen LogP contribution in [0, 0.1) is 5.82 Å². The van der Waals surface area contributed by atoms with E-state index in [1.54, 1.807) is 13.9 Å². The molecule has 1 amide bonds. The van der Waals surface area contributed by atoms with Gasteiger partial charge in [-0.25, -0.2) is 4.39 Å². The number of halogens is 1. The van der Waals surface area contributed by atoms with Crippen molar-refractivity contribution >= 4 is 31.1 Å². The second kappa shape index (κ2) is 4.41. The maximum Gasteiger partial charge on any atom is 0.270 e. The molecule has 0 aliphatic rings. The van der Waals surface area contributed by atoms with Gasteiger partial charge in [-0.1, -0.05) is 16.7 Å². The van der Waals surface area contributed by atoms with Crippen molar-refractivity contribution in [3.05, 3.63) is 24.0 Å². The highest BCUT2D eigenvalue weighted by Gasteiger charge is 2.03. The highest BCUT2D eigenvalue weighted by Crippen LogP contribution is 2.05. The predicted molar refractivity (Wildman–Crippen MR) is 53.5 cm³/mol. The van der Waals surface area contributed by atoms with Crippen LogP contribution in [0.2, 0.25) is 0 Å². The van der Waals surface area contributed by atoms with Crippen molar-refractivity contribution in [2.24, 2.45) is 5.16 Å². The van der Waals surface area contributed by atoms with Crippen LogP contribution in [0.15, 0.2) is 23.4 Å². The number of nitrogens with zero attached hydrogens (tertiary/aromatic N) is 1. The summed E-state index contributed by atoms with van der Waals surface area (Å²) >= 11 is 0. The lowest BCUT2D eigenvalue weighted by atomic mass is 9.94. The molecule has 6 heteroatoms. The third-order valence-corrected chi connectivity index (χ3v) is 1.63. The van der Waals surface area contributed by atoms with Gasteiger partial charge in [0.25, 0.3) is 5.91 Å². The van der Waals surface area contributed by atoms with Crippen molar-refractivity contribution in [3.63, 3.8) is 0 Å². The van der Waals surface area contributed by atoms with Gasteiger partial charge in [0.2, 0.25) is 0 Å². The Labute approximate surface area is 80.8 Å². The zero-order valence-electron chi connectivity index (χ0n) is 7.49. The molecule has 0 aliphatic carbocycles. The van der Waals surface area contributed by atoms with Gasteiger partial charge in [0, 0.05) is 5.69 Å². The number of amides is 1. The minimum atomic E-state index is -0.610. The van der Waals surface area contributed by atoms with E-state index in [0.29, 0.717) is 11.9 Å². The van der Waals surface area contributed by atoms with E-state index < -0.39 is 11.7 Å². The van der Waals surface area contributed by atoms with Crippen LogP contribution in [0.3, 0.4) is 0 Å². The monoisotopic (exact) mass is 194 g/mol. The molecule has 0 fully saturated rings. The summed E-state index contributed by atoms with van der Waals surface area (Å²) in [6.45, 7) is 0. The molecule has 14 heavy (non-hydrogen) atoms. The molecule has 1 rings (SSSR count). The Morgan fingerprint density at radius 3 is 3.00 bits per heavy atom. The fourth-order valence-corrected chi connectivity index (χ4v) is 0.946. The van der Waals surface area contributed by atoms with Crippen LogP contribution >= 0.6 is 0 Å². The maximum atomic E-state index is 12.7. The Morgan fingerprint density at radius 2 is 2.36 bits per heavy atom. The Hall–Kier alpha value is -1.85. The summed E-state index contributed by atoms with van der Waals surface area (Å²) in [6, 6.07) is 4.03.